The summed E-state index contributed by atoms with van der Waals surface area (Å²) in [6.45, 7) is 5.70. The first-order chi connectivity index (χ1) is 8.44. The van der Waals surface area contributed by atoms with Gasteiger partial charge < -0.3 is 10.1 Å². The van der Waals surface area contributed by atoms with Gasteiger partial charge in [0.25, 0.3) is 0 Å². The van der Waals surface area contributed by atoms with Crippen LogP contribution in [0.25, 0.3) is 0 Å². The summed E-state index contributed by atoms with van der Waals surface area (Å²) in [6.07, 6.45) is 2.00. The summed E-state index contributed by atoms with van der Waals surface area (Å²) in [6, 6.07) is 5.43. The summed E-state index contributed by atoms with van der Waals surface area (Å²) in [5.74, 6) is -0.200. The number of ether oxygens (including phenoxy) is 1. The summed E-state index contributed by atoms with van der Waals surface area (Å²) < 4.78 is 19.7. The van der Waals surface area contributed by atoms with E-state index in [4.69, 9.17) is 4.74 Å². The molecule has 1 aliphatic rings. The van der Waals surface area contributed by atoms with E-state index in [-0.39, 0.29) is 11.4 Å². The maximum Gasteiger partial charge on any atom is 0.124 e. The number of benzene rings is 1. The molecule has 0 amide bonds. The van der Waals surface area contributed by atoms with E-state index in [1.54, 1.807) is 6.07 Å². The highest BCUT2D eigenvalue weighted by molar-refractivity contribution is 9.10. The molecule has 1 aromatic rings. The number of hydrogen-bond acceptors (Lipinski definition) is 2. The van der Waals surface area contributed by atoms with Crippen LogP contribution in [0.1, 0.15) is 32.3 Å². The Kier molecular flexibility index (Phi) is 4.41. The molecule has 18 heavy (non-hydrogen) atoms. The second-order valence-corrected chi connectivity index (χ2v) is 6.37. The lowest BCUT2D eigenvalue weighted by Crippen LogP contribution is -2.43. The monoisotopic (exact) mass is 315 g/mol. The number of nitrogens with one attached hydrogen (secondary N) is 1. The van der Waals surface area contributed by atoms with E-state index in [1.165, 1.54) is 6.07 Å². The molecule has 0 aliphatic carbocycles. The normalized spacial score (nSPS) is 23.0. The van der Waals surface area contributed by atoms with Gasteiger partial charge in [-0.15, -0.1) is 0 Å². The molecule has 1 unspecified atom stereocenters. The molecular formula is C14H19BrFNO. The van der Waals surface area contributed by atoms with Crippen LogP contribution in [0.3, 0.4) is 0 Å². The third-order valence-corrected chi connectivity index (χ3v) is 3.67. The Balaban J connectivity index is 1.91. The van der Waals surface area contributed by atoms with Crippen LogP contribution in [0.15, 0.2) is 22.7 Å². The van der Waals surface area contributed by atoms with Crippen LogP contribution in [0.5, 0.6) is 0 Å². The smallest absolute Gasteiger partial charge is 0.124 e. The number of hydrogen-bond donors (Lipinski definition) is 1. The average molecular weight is 316 g/mol. The van der Waals surface area contributed by atoms with Crippen LogP contribution in [0, 0.1) is 5.82 Å². The summed E-state index contributed by atoms with van der Waals surface area (Å²) in [5, 5.41) is 3.48. The fraction of sp³-hybridized carbons (Fsp3) is 0.571. The van der Waals surface area contributed by atoms with E-state index >= 15 is 0 Å². The van der Waals surface area contributed by atoms with E-state index < -0.39 is 0 Å². The van der Waals surface area contributed by atoms with E-state index in [0.29, 0.717) is 12.6 Å². The van der Waals surface area contributed by atoms with Gasteiger partial charge in [0.2, 0.25) is 0 Å². The minimum atomic E-state index is -0.200. The molecule has 1 fully saturated rings. The lowest BCUT2D eigenvalue weighted by atomic mass is 9.94. The second kappa shape index (κ2) is 5.68. The molecule has 0 radical (unpaired) electrons. The Morgan fingerprint density at radius 1 is 1.44 bits per heavy atom. The molecule has 1 aliphatic heterocycles. The number of halogens is 2. The lowest BCUT2D eigenvalue weighted by Gasteiger charge is -2.36. The summed E-state index contributed by atoms with van der Waals surface area (Å²) >= 11 is 3.31. The molecule has 2 rings (SSSR count). The van der Waals surface area contributed by atoms with Crippen LogP contribution in [0.4, 0.5) is 4.39 Å². The molecule has 1 aromatic carbocycles. The van der Waals surface area contributed by atoms with Crippen molar-refractivity contribution in [2.45, 2.75) is 44.9 Å². The van der Waals surface area contributed by atoms with Crippen molar-refractivity contribution < 1.29 is 9.13 Å². The van der Waals surface area contributed by atoms with Gasteiger partial charge in [0.05, 0.1) is 5.60 Å². The fourth-order valence-electron chi connectivity index (χ4n) is 2.38. The molecule has 1 heterocycles. The highest BCUT2D eigenvalue weighted by Crippen LogP contribution is 2.24. The minimum absolute atomic E-state index is 0.0571. The Bertz CT molecular complexity index is 402. The topological polar surface area (TPSA) is 21.3 Å². The van der Waals surface area contributed by atoms with Gasteiger partial charge in [-0.25, -0.2) is 4.39 Å². The summed E-state index contributed by atoms with van der Waals surface area (Å²) in [4.78, 5) is 0. The quantitative estimate of drug-likeness (QED) is 0.919. The zero-order valence-electron chi connectivity index (χ0n) is 10.8. The second-order valence-electron chi connectivity index (χ2n) is 5.46. The van der Waals surface area contributed by atoms with Crippen molar-refractivity contribution in [3.05, 3.63) is 34.1 Å². The van der Waals surface area contributed by atoms with Crippen LogP contribution >= 0.6 is 15.9 Å². The zero-order valence-corrected chi connectivity index (χ0v) is 12.4. The Morgan fingerprint density at radius 2 is 2.22 bits per heavy atom. The average Bonchev–Trinajstić information content (AvgIpc) is 2.24. The SMILES string of the molecule is CC1(C)CC(NCc2cc(F)cc(Br)c2)CCO1. The molecule has 2 nitrogen and oxygen atoms in total. The number of rotatable bonds is 3. The largest absolute Gasteiger partial charge is 0.375 e. The first kappa shape index (κ1) is 14.0. The Labute approximate surface area is 116 Å². The van der Waals surface area contributed by atoms with Crippen molar-refractivity contribution in [1.29, 1.82) is 0 Å². The first-order valence-electron chi connectivity index (χ1n) is 6.27. The van der Waals surface area contributed by atoms with E-state index in [0.717, 1.165) is 29.5 Å². The van der Waals surface area contributed by atoms with Crippen LogP contribution in [0.2, 0.25) is 0 Å². The van der Waals surface area contributed by atoms with E-state index in [1.807, 2.05) is 6.07 Å². The van der Waals surface area contributed by atoms with Crippen molar-refractivity contribution in [2.75, 3.05) is 6.61 Å². The first-order valence-corrected chi connectivity index (χ1v) is 7.06. The van der Waals surface area contributed by atoms with Crippen LogP contribution in [-0.4, -0.2) is 18.2 Å². The summed E-state index contributed by atoms with van der Waals surface area (Å²) in [5.41, 5.74) is 0.907. The van der Waals surface area contributed by atoms with Gasteiger partial charge >= 0.3 is 0 Å². The molecular weight excluding hydrogens is 297 g/mol. The fourth-order valence-corrected chi connectivity index (χ4v) is 2.89. The summed E-state index contributed by atoms with van der Waals surface area (Å²) in [7, 11) is 0. The molecule has 1 atom stereocenters. The maximum atomic E-state index is 13.2. The van der Waals surface area contributed by atoms with Gasteiger partial charge in [0.15, 0.2) is 0 Å². The highest BCUT2D eigenvalue weighted by Gasteiger charge is 2.28. The van der Waals surface area contributed by atoms with Crippen molar-refractivity contribution in [3.63, 3.8) is 0 Å². The van der Waals surface area contributed by atoms with Crippen molar-refractivity contribution in [3.8, 4) is 0 Å². The van der Waals surface area contributed by atoms with Gasteiger partial charge in [0, 0.05) is 23.7 Å². The highest BCUT2D eigenvalue weighted by atomic mass is 79.9. The standard InChI is InChI=1S/C14H19BrFNO/c1-14(2)8-13(3-4-18-14)17-9-10-5-11(15)7-12(16)6-10/h5-7,13,17H,3-4,8-9H2,1-2H3. The molecule has 1 N–H and O–H groups in total. The predicted octanol–water partition coefficient (Wildman–Crippen LogP) is 3.64. The van der Waals surface area contributed by atoms with Crippen LogP contribution in [-0.2, 0) is 11.3 Å². The molecule has 0 bridgehead atoms. The predicted molar refractivity (Wildman–Crippen MR) is 74.0 cm³/mol. The minimum Gasteiger partial charge on any atom is -0.375 e. The maximum absolute atomic E-state index is 13.2. The molecule has 0 aromatic heterocycles. The van der Waals surface area contributed by atoms with Gasteiger partial charge in [-0.3, -0.25) is 0 Å². The van der Waals surface area contributed by atoms with Crippen molar-refractivity contribution in [1.82, 2.24) is 5.32 Å². The zero-order chi connectivity index (χ0) is 13.2. The lowest BCUT2D eigenvalue weighted by molar-refractivity contribution is -0.0630. The Hall–Kier alpha value is -0.450. The molecule has 0 spiro atoms. The van der Waals surface area contributed by atoms with Crippen molar-refractivity contribution >= 4 is 15.9 Å². The van der Waals surface area contributed by atoms with E-state index in [9.17, 15) is 4.39 Å². The molecule has 1 saturated heterocycles. The Morgan fingerprint density at radius 3 is 2.89 bits per heavy atom. The van der Waals surface area contributed by atoms with Gasteiger partial charge in [-0.1, -0.05) is 15.9 Å². The van der Waals surface area contributed by atoms with Gasteiger partial charge in [0.1, 0.15) is 5.82 Å². The molecule has 0 saturated carbocycles. The van der Waals surface area contributed by atoms with Crippen LogP contribution < -0.4 is 5.32 Å². The molecule has 100 valence electrons. The van der Waals surface area contributed by atoms with Gasteiger partial charge in [-0.2, -0.15) is 0 Å². The third-order valence-electron chi connectivity index (χ3n) is 3.21. The van der Waals surface area contributed by atoms with Gasteiger partial charge in [-0.05, 0) is 50.5 Å². The third kappa shape index (κ3) is 4.04. The van der Waals surface area contributed by atoms with Crippen molar-refractivity contribution in [2.24, 2.45) is 0 Å². The molecule has 4 heteroatoms. The van der Waals surface area contributed by atoms with E-state index in [2.05, 4.69) is 35.1 Å².